The van der Waals surface area contributed by atoms with Gasteiger partial charge in [0.25, 0.3) is 0 Å². The molecular weight excluding hydrogens is 198 g/mol. The molecule has 0 aromatic rings. The average molecular weight is 223 g/mol. The molecule has 2 N–H and O–H groups in total. The molecular formula is C13H25N3. The van der Waals surface area contributed by atoms with Gasteiger partial charge in [-0.25, -0.2) is 0 Å². The molecule has 4 fully saturated rings. The van der Waals surface area contributed by atoms with E-state index in [2.05, 4.69) is 16.8 Å². The summed E-state index contributed by atoms with van der Waals surface area (Å²) >= 11 is 0. The van der Waals surface area contributed by atoms with Crippen molar-refractivity contribution in [3.63, 3.8) is 0 Å². The summed E-state index contributed by atoms with van der Waals surface area (Å²) < 4.78 is 0. The number of likely N-dealkylation sites (N-methyl/N-ethyl adjacent to an activating group) is 1. The minimum Gasteiger partial charge on any atom is -0.329 e. The highest BCUT2D eigenvalue weighted by molar-refractivity contribution is 5.07. The zero-order valence-electron chi connectivity index (χ0n) is 10.5. The smallest absolute Gasteiger partial charge is 0.0487 e. The van der Waals surface area contributed by atoms with Gasteiger partial charge in [-0.05, 0) is 51.7 Å². The Labute approximate surface area is 99.0 Å². The molecule has 0 spiro atoms. The summed E-state index contributed by atoms with van der Waals surface area (Å²) in [6.07, 6.45) is 6.95. The van der Waals surface area contributed by atoms with Gasteiger partial charge in [-0.15, -0.1) is 0 Å². The Bertz CT molecular complexity index is 256. The van der Waals surface area contributed by atoms with Gasteiger partial charge >= 0.3 is 0 Å². The molecule has 4 rings (SSSR count). The summed E-state index contributed by atoms with van der Waals surface area (Å²) in [4.78, 5) is 5.29. The zero-order chi connectivity index (χ0) is 11.2. The number of nitrogens with two attached hydrogens (primary N) is 1. The van der Waals surface area contributed by atoms with Gasteiger partial charge in [0.05, 0.1) is 0 Å². The van der Waals surface area contributed by atoms with E-state index in [1.165, 1.54) is 51.7 Å². The summed E-state index contributed by atoms with van der Waals surface area (Å²) in [7, 11) is 2.33. The fourth-order valence-electron chi connectivity index (χ4n) is 4.06. The lowest BCUT2D eigenvalue weighted by Gasteiger charge is -2.59. The van der Waals surface area contributed by atoms with Crippen LogP contribution in [0.2, 0.25) is 0 Å². The third-order valence-corrected chi connectivity index (χ3v) is 5.52. The molecule has 16 heavy (non-hydrogen) atoms. The van der Waals surface area contributed by atoms with Crippen LogP contribution in [0, 0.1) is 5.92 Å². The highest BCUT2D eigenvalue weighted by Gasteiger charge is 2.50. The van der Waals surface area contributed by atoms with Gasteiger partial charge < -0.3 is 10.6 Å². The number of hydrogen-bond donors (Lipinski definition) is 1. The minimum absolute atomic E-state index is 0.307. The van der Waals surface area contributed by atoms with Crippen LogP contribution in [0.15, 0.2) is 0 Å². The van der Waals surface area contributed by atoms with Crippen LogP contribution in [0.5, 0.6) is 0 Å². The van der Waals surface area contributed by atoms with Crippen molar-refractivity contribution >= 4 is 0 Å². The van der Waals surface area contributed by atoms with Crippen LogP contribution < -0.4 is 5.73 Å². The van der Waals surface area contributed by atoms with Crippen molar-refractivity contribution in [3.8, 4) is 0 Å². The first-order valence-electron chi connectivity index (χ1n) is 6.91. The first-order chi connectivity index (χ1) is 7.76. The van der Waals surface area contributed by atoms with E-state index in [1.54, 1.807) is 0 Å². The Morgan fingerprint density at radius 2 is 1.94 bits per heavy atom. The fraction of sp³-hybridized carbons (Fsp3) is 1.00. The molecule has 0 aromatic heterocycles. The van der Waals surface area contributed by atoms with Crippen molar-refractivity contribution < 1.29 is 0 Å². The highest BCUT2D eigenvalue weighted by atomic mass is 15.3. The molecule has 1 atom stereocenters. The Kier molecular flexibility index (Phi) is 2.73. The number of rotatable bonds is 3. The van der Waals surface area contributed by atoms with Crippen LogP contribution in [-0.2, 0) is 0 Å². The van der Waals surface area contributed by atoms with Gasteiger partial charge in [-0.3, -0.25) is 4.90 Å². The van der Waals surface area contributed by atoms with Gasteiger partial charge in [0.1, 0.15) is 0 Å². The van der Waals surface area contributed by atoms with Crippen LogP contribution in [0.4, 0.5) is 0 Å². The van der Waals surface area contributed by atoms with E-state index in [0.29, 0.717) is 5.54 Å². The lowest BCUT2D eigenvalue weighted by Crippen LogP contribution is -2.71. The van der Waals surface area contributed by atoms with E-state index in [0.717, 1.165) is 18.5 Å². The van der Waals surface area contributed by atoms with E-state index in [1.807, 2.05) is 0 Å². The molecule has 4 aliphatic rings. The normalized spacial score (nSPS) is 43.7. The Morgan fingerprint density at radius 3 is 2.31 bits per heavy atom. The van der Waals surface area contributed by atoms with Crippen molar-refractivity contribution in [3.05, 3.63) is 0 Å². The Morgan fingerprint density at radius 1 is 1.25 bits per heavy atom. The lowest BCUT2D eigenvalue weighted by atomic mass is 9.70. The lowest BCUT2D eigenvalue weighted by molar-refractivity contribution is -0.0851. The molecule has 2 bridgehead atoms. The fourth-order valence-corrected chi connectivity index (χ4v) is 4.06. The zero-order valence-corrected chi connectivity index (χ0v) is 10.5. The molecule has 92 valence electrons. The molecule has 1 aliphatic carbocycles. The van der Waals surface area contributed by atoms with Crippen molar-refractivity contribution in [2.75, 3.05) is 33.2 Å². The average Bonchev–Trinajstić information content (AvgIpc) is 2.27. The van der Waals surface area contributed by atoms with Crippen LogP contribution in [0.3, 0.4) is 0 Å². The number of fused-ring (bicyclic) bond motifs is 3. The molecule has 3 heteroatoms. The summed E-state index contributed by atoms with van der Waals surface area (Å²) in [5.41, 5.74) is 6.48. The highest BCUT2D eigenvalue weighted by Crippen LogP contribution is 2.41. The molecule has 1 unspecified atom stereocenters. The largest absolute Gasteiger partial charge is 0.329 e. The molecule has 0 radical (unpaired) electrons. The quantitative estimate of drug-likeness (QED) is 0.771. The molecule has 3 nitrogen and oxygen atoms in total. The molecule has 0 aromatic carbocycles. The van der Waals surface area contributed by atoms with Crippen molar-refractivity contribution in [1.82, 2.24) is 9.80 Å². The first kappa shape index (κ1) is 11.0. The molecule has 3 aliphatic heterocycles. The van der Waals surface area contributed by atoms with E-state index >= 15 is 0 Å². The van der Waals surface area contributed by atoms with Gasteiger partial charge in [0, 0.05) is 24.7 Å². The second kappa shape index (κ2) is 3.97. The van der Waals surface area contributed by atoms with Gasteiger partial charge in [0.2, 0.25) is 0 Å². The monoisotopic (exact) mass is 223 g/mol. The van der Waals surface area contributed by atoms with Crippen molar-refractivity contribution in [1.29, 1.82) is 0 Å². The van der Waals surface area contributed by atoms with E-state index in [4.69, 9.17) is 5.73 Å². The van der Waals surface area contributed by atoms with Gasteiger partial charge in [0.15, 0.2) is 0 Å². The van der Waals surface area contributed by atoms with Crippen molar-refractivity contribution in [2.24, 2.45) is 11.7 Å². The molecule has 3 saturated heterocycles. The second-order valence-corrected chi connectivity index (χ2v) is 6.05. The van der Waals surface area contributed by atoms with Crippen molar-refractivity contribution in [2.45, 2.75) is 43.7 Å². The topological polar surface area (TPSA) is 32.5 Å². The predicted molar refractivity (Wildman–Crippen MR) is 66.4 cm³/mol. The number of piperidine rings is 3. The van der Waals surface area contributed by atoms with Crippen LogP contribution in [0.25, 0.3) is 0 Å². The predicted octanol–water partition coefficient (Wildman–Crippen LogP) is 0.894. The third kappa shape index (κ3) is 1.45. The maximum atomic E-state index is 6.17. The summed E-state index contributed by atoms with van der Waals surface area (Å²) in [5.74, 6) is 0.855. The maximum absolute atomic E-state index is 6.17. The molecule has 1 saturated carbocycles. The maximum Gasteiger partial charge on any atom is 0.0487 e. The Balaban J connectivity index is 1.81. The summed E-state index contributed by atoms with van der Waals surface area (Å²) in [6.45, 7) is 4.69. The van der Waals surface area contributed by atoms with E-state index in [9.17, 15) is 0 Å². The summed E-state index contributed by atoms with van der Waals surface area (Å²) in [5, 5.41) is 0. The van der Waals surface area contributed by atoms with Gasteiger partial charge in [-0.2, -0.15) is 0 Å². The molecule has 3 heterocycles. The van der Waals surface area contributed by atoms with Crippen LogP contribution in [-0.4, -0.2) is 54.6 Å². The van der Waals surface area contributed by atoms with E-state index < -0.39 is 0 Å². The number of nitrogens with zero attached hydrogens (tertiary/aromatic N) is 2. The first-order valence-corrected chi connectivity index (χ1v) is 6.91. The second-order valence-electron chi connectivity index (χ2n) is 6.05. The standard InChI is InChI=1S/C13H25N3/c1-15(12-3-2-4-12)13(9-14)10-16-7-5-11(13)6-8-16/h11-12H,2-10,14H2,1H3. The number of hydrogen-bond acceptors (Lipinski definition) is 3. The minimum atomic E-state index is 0.307. The summed E-state index contributed by atoms with van der Waals surface area (Å²) in [6, 6.07) is 0.823. The molecule has 0 amide bonds. The SMILES string of the molecule is CN(C1CCC1)C1(CN)CN2CCC1CC2. The van der Waals surface area contributed by atoms with Gasteiger partial charge in [-0.1, -0.05) is 6.42 Å². The Hall–Kier alpha value is -0.120. The van der Waals surface area contributed by atoms with Crippen LogP contribution >= 0.6 is 0 Å². The van der Waals surface area contributed by atoms with E-state index in [-0.39, 0.29) is 0 Å². The third-order valence-electron chi connectivity index (χ3n) is 5.52. The van der Waals surface area contributed by atoms with Crippen LogP contribution in [0.1, 0.15) is 32.1 Å².